The van der Waals surface area contributed by atoms with Crippen molar-refractivity contribution in [3.8, 4) is 17.1 Å². The van der Waals surface area contributed by atoms with E-state index in [9.17, 15) is 9.59 Å². The van der Waals surface area contributed by atoms with Gasteiger partial charge in [0.05, 0.1) is 12.5 Å². The van der Waals surface area contributed by atoms with Crippen LogP contribution >= 0.6 is 11.6 Å². The number of ether oxygens (including phenoxy) is 2. The average Bonchev–Trinajstić information content (AvgIpc) is 2.63. The van der Waals surface area contributed by atoms with Crippen LogP contribution in [0, 0.1) is 0 Å². The minimum absolute atomic E-state index is 0.0427. The molecule has 6 heteroatoms. The van der Waals surface area contributed by atoms with E-state index < -0.39 is 12.1 Å². The van der Waals surface area contributed by atoms with E-state index in [-0.39, 0.29) is 16.9 Å². The fourth-order valence-corrected chi connectivity index (χ4v) is 2.54. The topological polar surface area (TPSA) is 65.7 Å². The molecule has 0 aliphatic rings. The third-order valence-corrected chi connectivity index (χ3v) is 3.94. The highest BCUT2D eigenvalue weighted by Gasteiger charge is 2.23. The van der Waals surface area contributed by atoms with Crippen molar-refractivity contribution in [2.75, 3.05) is 7.11 Å². The van der Waals surface area contributed by atoms with Crippen LogP contribution in [0.1, 0.15) is 6.92 Å². The fraction of sp³-hybridized carbons (Fsp3) is 0.158. The maximum Gasteiger partial charge on any atom is 0.346 e. The highest BCUT2D eigenvalue weighted by molar-refractivity contribution is 6.30. The van der Waals surface area contributed by atoms with Gasteiger partial charge in [-0.1, -0.05) is 23.7 Å². The van der Waals surface area contributed by atoms with Gasteiger partial charge >= 0.3 is 5.97 Å². The predicted molar refractivity (Wildman–Crippen MR) is 95.0 cm³/mol. The molecule has 2 aromatic carbocycles. The number of carbonyl (C=O) groups is 1. The van der Waals surface area contributed by atoms with Crippen molar-refractivity contribution in [2.45, 2.75) is 13.0 Å². The normalized spacial score (nSPS) is 12.0. The number of fused-ring (bicyclic) bond motifs is 1. The number of methoxy groups -OCH3 is 1. The maximum atomic E-state index is 12.9. The molecule has 0 N–H and O–H groups in total. The summed E-state index contributed by atoms with van der Waals surface area (Å²) in [6, 6.07) is 13.6. The zero-order valence-electron chi connectivity index (χ0n) is 13.6. The summed E-state index contributed by atoms with van der Waals surface area (Å²) in [6.45, 7) is 1.51. The second-order valence-electron chi connectivity index (χ2n) is 5.38. The minimum atomic E-state index is -0.958. The molecule has 0 unspecified atom stereocenters. The second-order valence-corrected chi connectivity index (χ2v) is 5.81. The molecule has 0 bridgehead atoms. The van der Waals surface area contributed by atoms with Crippen molar-refractivity contribution < 1.29 is 18.7 Å². The molecule has 0 spiro atoms. The van der Waals surface area contributed by atoms with Crippen molar-refractivity contribution in [1.82, 2.24) is 0 Å². The van der Waals surface area contributed by atoms with Crippen molar-refractivity contribution in [3.63, 3.8) is 0 Å². The molecule has 128 valence electrons. The smallest absolute Gasteiger partial charge is 0.346 e. The van der Waals surface area contributed by atoms with Gasteiger partial charge in [-0.05, 0) is 43.3 Å². The lowest BCUT2D eigenvalue weighted by Crippen LogP contribution is -2.27. The first-order chi connectivity index (χ1) is 12.0. The summed E-state index contributed by atoms with van der Waals surface area (Å²) in [4.78, 5) is 24.6. The molecule has 25 heavy (non-hydrogen) atoms. The SMILES string of the molecule is COC(=O)[C@H](C)Oc1c(-c2ccc(Cl)cc2)oc2ccccc2c1=O. The maximum absolute atomic E-state index is 12.9. The van der Waals surface area contributed by atoms with Gasteiger partial charge in [0.15, 0.2) is 11.9 Å². The van der Waals surface area contributed by atoms with Crippen LogP contribution in [0.4, 0.5) is 0 Å². The van der Waals surface area contributed by atoms with E-state index >= 15 is 0 Å². The Morgan fingerprint density at radius 3 is 2.48 bits per heavy atom. The largest absolute Gasteiger partial charge is 0.471 e. The van der Waals surface area contributed by atoms with Crippen LogP contribution in [0.15, 0.2) is 57.7 Å². The summed E-state index contributed by atoms with van der Waals surface area (Å²) in [6.07, 6.45) is -0.958. The number of esters is 1. The Balaban J connectivity index is 2.22. The number of carbonyl (C=O) groups excluding carboxylic acids is 1. The van der Waals surface area contributed by atoms with Gasteiger partial charge in [0.2, 0.25) is 11.2 Å². The average molecular weight is 359 g/mol. The summed E-state index contributed by atoms with van der Waals surface area (Å²) in [7, 11) is 1.26. The summed E-state index contributed by atoms with van der Waals surface area (Å²) in [5.74, 6) is -0.398. The van der Waals surface area contributed by atoms with Crippen LogP contribution in [0.5, 0.6) is 5.75 Å². The van der Waals surface area contributed by atoms with Gasteiger partial charge < -0.3 is 13.9 Å². The molecule has 0 aliphatic heterocycles. The number of benzene rings is 2. The van der Waals surface area contributed by atoms with E-state index in [4.69, 9.17) is 20.8 Å². The predicted octanol–water partition coefficient (Wildman–Crippen LogP) is 4.05. The Hall–Kier alpha value is -2.79. The number of hydrogen-bond acceptors (Lipinski definition) is 5. The molecular weight excluding hydrogens is 344 g/mol. The van der Waals surface area contributed by atoms with Crippen LogP contribution in [-0.2, 0) is 9.53 Å². The van der Waals surface area contributed by atoms with E-state index in [1.54, 1.807) is 48.5 Å². The first-order valence-electron chi connectivity index (χ1n) is 7.57. The molecule has 0 radical (unpaired) electrons. The van der Waals surface area contributed by atoms with Gasteiger partial charge in [-0.15, -0.1) is 0 Å². The molecule has 0 saturated carbocycles. The molecular formula is C19H15ClO5. The fourth-order valence-electron chi connectivity index (χ4n) is 2.41. The molecule has 3 aromatic rings. The zero-order chi connectivity index (χ0) is 18.0. The lowest BCUT2D eigenvalue weighted by molar-refractivity contribution is -0.147. The number of rotatable bonds is 4. The Kier molecular flexibility index (Phi) is 4.76. The van der Waals surface area contributed by atoms with Gasteiger partial charge in [0.1, 0.15) is 5.58 Å². The molecule has 1 atom stereocenters. The van der Waals surface area contributed by atoms with E-state index in [0.29, 0.717) is 21.6 Å². The van der Waals surface area contributed by atoms with E-state index in [1.165, 1.54) is 14.0 Å². The first kappa shape index (κ1) is 17.0. The molecule has 3 rings (SSSR count). The molecule has 1 aromatic heterocycles. The number of para-hydroxylation sites is 1. The third kappa shape index (κ3) is 3.37. The van der Waals surface area contributed by atoms with Crippen molar-refractivity contribution in [3.05, 3.63) is 63.8 Å². The third-order valence-electron chi connectivity index (χ3n) is 3.69. The summed E-state index contributed by atoms with van der Waals surface area (Å²) in [5, 5.41) is 0.921. The number of halogens is 1. The van der Waals surface area contributed by atoms with E-state index in [1.807, 2.05) is 0 Å². The van der Waals surface area contributed by atoms with Crippen molar-refractivity contribution in [1.29, 1.82) is 0 Å². The van der Waals surface area contributed by atoms with E-state index in [0.717, 1.165) is 0 Å². The zero-order valence-corrected chi connectivity index (χ0v) is 14.4. The molecule has 1 heterocycles. The molecule has 5 nitrogen and oxygen atoms in total. The Morgan fingerprint density at radius 1 is 1.12 bits per heavy atom. The summed E-state index contributed by atoms with van der Waals surface area (Å²) in [5.41, 5.74) is 0.678. The monoisotopic (exact) mass is 358 g/mol. The van der Waals surface area contributed by atoms with Gasteiger partial charge in [-0.2, -0.15) is 0 Å². The highest BCUT2D eigenvalue weighted by atomic mass is 35.5. The van der Waals surface area contributed by atoms with Crippen molar-refractivity contribution >= 4 is 28.5 Å². The Labute approximate surface area is 148 Å². The van der Waals surface area contributed by atoms with Gasteiger partial charge in [-0.25, -0.2) is 4.79 Å². The van der Waals surface area contributed by atoms with Crippen LogP contribution < -0.4 is 10.2 Å². The standard InChI is InChI=1S/C19H15ClO5/c1-11(19(22)23-2)24-18-16(21)14-5-3-4-6-15(14)25-17(18)12-7-9-13(20)10-8-12/h3-11H,1-2H3/t11-/m0/s1. The quantitative estimate of drug-likeness (QED) is 0.658. The van der Waals surface area contributed by atoms with Gasteiger partial charge in [-0.3, -0.25) is 4.79 Å². The van der Waals surface area contributed by atoms with Crippen LogP contribution in [0.25, 0.3) is 22.3 Å². The second kappa shape index (κ2) is 6.99. The minimum Gasteiger partial charge on any atom is -0.471 e. The first-order valence-corrected chi connectivity index (χ1v) is 7.95. The van der Waals surface area contributed by atoms with E-state index in [2.05, 4.69) is 4.74 Å². The summed E-state index contributed by atoms with van der Waals surface area (Å²) >= 11 is 5.93. The molecule has 0 aliphatic carbocycles. The molecule has 0 amide bonds. The molecule has 0 saturated heterocycles. The lowest BCUT2D eigenvalue weighted by Gasteiger charge is -2.15. The van der Waals surface area contributed by atoms with Crippen LogP contribution in [0.3, 0.4) is 0 Å². The Bertz CT molecular complexity index is 975. The van der Waals surface area contributed by atoms with Gasteiger partial charge in [0, 0.05) is 10.6 Å². The van der Waals surface area contributed by atoms with Crippen LogP contribution in [0.2, 0.25) is 5.02 Å². The summed E-state index contributed by atoms with van der Waals surface area (Å²) < 4.78 is 16.2. The molecule has 0 fully saturated rings. The Morgan fingerprint density at radius 2 is 1.80 bits per heavy atom. The highest BCUT2D eigenvalue weighted by Crippen LogP contribution is 2.32. The number of hydrogen-bond donors (Lipinski definition) is 0. The van der Waals surface area contributed by atoms with Gasteiger partial charge in [0.25, 0.3) is 0 Å². The lowest BCUT2D eigenvalue weighted by atomic mass is 10.1. The van der Waals surface area contributed by atoms with Crippen molar-refractivity contribution in [2.24, 2.45) is 0 Å². The van der Waals surface area contributed by atoms with Crippen LogP contribution in [-0.4, -0.2) is 19.2 Å².